The molecule has 3 aromatic heterocycles. The maximum absolute atomic E-state index is 13.0. The molecule has 4 rings (SSSR count). The van der Waals surface area contributed by atoms with Gasteiger partial charge in [-0.2, -0.15) is 0 Å². The first kappa shape index (κ1) is 22.9. The molecule has 0 atom stereocenters. The van der Waals surface area contributed by atoms with Gasteiger partial charge in [0.25, 0.3) is 0 Å². The zero-order valence-corrected chi connectivity index (χ0v) is 20.4. The summed E-state index contributed by atoms with van der Waals surface area (Å²) in [4.78, 5) is 13.0. The van der Waals surface area contributed by atoms with Crippen LogP contribution >= 0.6 is 11.8 Å². The van der Waals surface area contributed by atoms with Crippen LogP contribution in [0.3, 0.4) is 0 Å². The summed E-state index contributed by atoms with van der Waals surface area (Å²) >= 11 is 1.40. The lowest BCUT2D eigenvalue weighted by molar-refractivity contribution is 0.102. The zero-order chi connectivity index (χ0) is 23.5. The van der Waals surface area contributed by atoms with Gasteiger partial charge in [0.05, 0.1) is 24.7 Å². The van der Waals surface area contributed by atoms with Crippen molar-refractivity contribution in [3.05, 3.63) is 70.9 Å². The van der Waals surface area contributed by atoms with E-state index in [0.717, 1.165) is 52.8 Å². The molecule has 33 heavy (non-hydrogen) atoms. The van der Waals surface area contributed by atoms with Crippen molar-refractivity contribution in [2.45, 2.75) is 38.9 Å². The number of thioether (sulfide) groups is 1. The molecular weight excluding hydrogens is 436 g/mol. The third kappa shape index (κ3) is 4.75. The van der Waals surface area contributed by atoms with Crippen LogP contribution in [0.4, 0.5) is 0 Å². The van der Waals surface area contributed by atoms with E-state index < -0.39 is 0 Å². The summed E-state index contributed by atoms with van der Waals surface area (Å²) in [6.07, 6.45) is 2.53. The number of aryl methyl sites for hydroxylation is 3. The van der Waals surface area contributed by atoms with Gasteiger partial charge in [-0.1, -0.05) is 23.9 Å². The molecule has 3 heterocycles. The fraction of sp³-hybridized carbons (Fsp3) is 0.320. The molecule has 8 heteroatoms. The van der Waals surface area contributed by atoms with E-state index in [-0.39, 0.29) is 5.78 Å². The maximum atomic E-state index is 13.0. The van der Waals surface area contributed by atoms with Crippen molar-refractivity contribution >= 4 is 17.5 Å². The molecule has 0 amide bonds. The van der Waals surface area contributed by atoms with Gasteiger partial charge in [0.1, 0.15) is 11.5 Å². The number of ketones is 1. The quantitative estimate of drug-likeness (QED) is 0.256. The van der Waals surface area contributed by atoms with Gasteiger partial charge in [-0.15, -0.1) is 10.2 Å². The molecule has 0 aliphatic carbocycles. The van der Waals surface area contributed by atoms with E-state index in [1.807, 2.05) is 56.7 Å². The van der Waals surface area contributed by atoms with Crippen LogP contribution in [0, 0.1) is 20.8 Å². The third-order valence-electron chi connectivity index (χ3n) is 5.92. The van der Waals surface area contributed by atoms with Crippen molar-refractivity contribution in [3.8, 4) is 17.1 Å². The van der Waals surface area contributed by atoms with Crippen LogP contribution in [-0.4, -0.2) is 38.0 Å². The van der Waals surface area contributed by atoms with E-state index in [0.29, 0.717) is 10.9 Å². The topological polar surface area (TPSA) is 75.1 Å². The Kier molecular flexibility index (Phi) is 6.74. The Morgan fingerprint density at radius 1 is 1.12 bits per heavy atom. The first-order chi connectivity index (χ1) is 15.9. The first-order valence-corrected chi connectivity index (χ1v) is 11.8. The Morgan fingerprint density at radius 3 is 2.55 bits per heavy atom. The summed E-state index contributed by atoms with van der Waals surface area (Å²) in [5.74, 6) is 2.77. The van der Waals surface area contributed by atoms with Gasteiger partial charge in [0, 0.05) is 30.5 Å². The number of furan rings is 1. The van der Waals surface area contributed by atoms with Crippen molar-refractivity contribution in [1.29, 1.82) is 0 Å². The summed E-state index contributed by atoms with van der Waals surface area (Å²) in [7, 11) is 3.57. The van der Waals surface area contributed by atoms with Crippen molar-refractivity contribution in [1.82, 2.24) is 19.3 Å². The number of rotatable bonds is 9. The summed E-state index contributed by atoms with van der Waals surface area (Å²) in [5, 5.41) is 9.25. The Balaban J connectivity index is 1.42. The van der Waals surface area contributed by atoms with E-state index in [1.54, 1.807) is 13.4 Å². The molecule has 0 radical (unpaired) electrons. The van der Waals surface area contributed by atoms with E-state index >= 15 is 0 Å². The molecular formula is C25H28N4O3S. The molecule has 0 unspecified atom stereocenters. The Bertz CT molecular complexity index is 1270. The lowest BCUT2D eigenvalue weighted by Gasteiger charge is -2.10. The molecule has 0 aliphatic heterocycles. The van der Waals surface area contributed by atoms with Crippen molar-refractivity contribution in [2.24, 2.45) is 7.05 Å². The molecule has 0 spiro atoms. The van der Waals surface area contributed by atoms with E-state index in [9.17, 15) is 4.79 Å². The molecule has 1 aromatic carbocycles. The molecule has 0 aliphatic rings. The number of methoxy groups -OCH3 is 1. The summed E-state index contributed by atoms with van der Waals surface area (Å²) in [6, 6.07) is 12.0. The largest absolute Gasteiger partial charge is 0.497 e. The Morgan fingerprint density at radius 2 is 1.88 bits per heavy atom. The summed E-state index contributed by atoms with van der Waals surface area (Å²) in [6.45, 7) is 6.78. The second-order valence-corrected chi connectivity index (χ2v) is 8.94. The van der Waals surface area contributed by atoms with Crippen LogP contribution in [0.2, 0.25) is 0 Å². The summed E-state index contributed by atoms with van der Waals surface area (Å²) in [5.41, 5.74) is 4.99. The lowest BCUT2D eigenvalue weighted by Crippen LogP contribution is -2.08. The third-order valence-corrected chi connectivity index (χ3v) is 6.94. The average molecular weight is 465 g/mol. The number of Topliss-reactive ketones (excluding diaryl/α,β-unsaturated/α-hetero) is 1. The number of hydrogen-bond acceptors (Lipinski definition) is 6. The SMILES string of the molecule is COc1ccc(CCn2c(C)cc(C(=O)CSc3nnc(-c4ccoc4C)n3C)c2C)cc1. The second-order valence-electron chi connectivity index (χ2n) is 8.00. The second kappa shape index (κ2) is 9.70. The van der Waals surface area contributed by atoms with Gasteiger partial charge in [0.15, 0.2) is 16.8 Å². The highest BCUT2D eigenvalue weighted by molar-refractivity contribution is 7.99. The van der Waals surface area contributed by atoms with Crippen LogP contribution in [0.5, 0.6) is 5.75 Å². The highest BCUT2D eigenvalue weighted by atomic mass is 32.2. The molecule has 0 N–H and O–H groups in total. The predicted molar refractivity (Wildman–Crippen MR) is 129 cm³/mol. The number of benzene rings is 1. The molecule has 0 saturated carbocycles. The lowest BCUT2D eigenvalue weighted by atomic mass is 10.1. The minimum atomic E-state index is 0.0906. The highest BCUT2D eigenvalue weighted by Crippen LogP contribution is 2.27. The number of ether oxygens (including phenoxy) is 1. The van der Waals surface area contributed by atoms with Gasteiger partial charge in [-0.05, 0) is 57.0 Å². The highest BCUT2D eigenvalue weighted by Gasteiger charge is 2.19. The van der Waals surface area contributed by atoms with Gasteiger partial charge < -0.3 is 18.3 Å². The van der Waals surface area contributed by atoms with Crippen molar-refractivity contribution in [3.63, 3.8) is 0 Å². The molecule has 7 nitrogen and oxygen atoms in total. The Labute approximate surface area is 197 Å². The van der Waals surface area contributed by atoms with Gasteiger partial charge in [0.2, 0.25) is 0 Å². The van der Waals surface area contributed by atoms with Crippen LogP contribution in [-0.2, 0) is 20.0 Å². The number of carbonyl (C=O) groups excluding carboxylic acids is 1. The van der Waals surface area contributed by atoms with Gasteiger partial charge in [-0.3, -0.25) is 4.79 Å². The van der Waals surface area contributed by atoms with Crippen LogP contribution < -0.4 is 4.74 Å². The normalized spacial score (nSPS) is 11.2. The van der Waals surface area contributed by atoms with E-state index in [1.165, 1.54) is 17.3 Å². The standard InChI is InChI=1S/C25H28N4O3S/c1-16-14-22(17(2)29(16)12-10-19-6-8-20(31-5)9-7-19)23(30)15-33-25-27-26-24(28(25)4)21-11-13-32-18(21)3/h6-9,11,13-14H,10,12,15H2,1-5H3. The first-order valence-electron chi connectivity index (χ1n) is 10.8. The van der Waals surface area contributed by atoms with Crippen molar-refractivity contribution < 1.29 is 13.9 Å². The number of carbonyl (C=O) groups is 1. The molecule has 0 fully saturated rings. The molecule has 0 saturated heterocycles. The minimum Gasteiger partial charge on any atom is -0.497 e. The Hall–Kier alpha value is -3.26. The molecule has 4 aromatic rings. The molecule has 0 bridgehead atoms. The van der Waals surface area contributed by atoms with E-state index in [2.05, 4.69) is 26.9 Å². The smallest absolute Gasteiger partial charge is 0.191 e. The summed E-state index contributed by atoms with van der Waals surface area (Å²) < 4.78 is 14.7. The monoisotopic (exact) mass is 464 g/mol. The molecule has 172 valence electrons. The fourth-order valence-corrected chi connectivity index (χ4v) is 4.75. The average Bonchev–Trinajstić information content (AvgIpc) is 3.48. The van der Waals surface area contributed by atoms with E-state index in [4.69, 9.17) is 9.15 Å². The predicted octanol–water partition coefficient (Wildman–Crippen LogP) is 5.03. The minimum absolute atomic E-state index is 0.0906. The fourth-order valence-electron chi connectivity index (χ4n) is 3.96. The number of aromatic nitrogens is 4. The number of hydrogen-bond donors (Lipinski definition) is 0. The van der Waals surface area contributed by atoms with Crippen molar-refractivity contribution in [2.75, 3.05) is 12.9 Å². The van der Waals surface area contributed by atoms with Crippen LogP contribution in [0.15, 0.2) is 52.2 Å². The van der Waals surface area contributed by atoms with Gasteiger partial charge in [-0.25, -0.2) is 0 Å². The van der Waals surface area contributed by atoms with Crippen LogP contribution in [0.1, 0.15) is 33.1 Å². The maximum Gasteiger partial charge on any atom is 0.191 e. The van der Waals surface area contributed by atoms with Gasteiger partial charge >= 0.3 is 0 Å². The zero-order valence-electron chi connectivity index (χ0n) is 19.6. The number of nitrogens with zero attached hydrogens (tertiary/aromatic N) is 4. The van der Waals surface area contributed by atoms with Crippen LogP contribution in [0.25, 0.3) is 11.4 Å².